The van der Waals surface area contributed by atoms with Gasteiger partial charge in [0.1, 0.15) is 5.15 Å². The van der Waals surface area contributed by atoms with Gasteiger partial charge in [-0.25, -0.2) is 4.98 Å². The number of hydrogen-bond acceptors (Lipinski definition) is 4. The van der Waals surface area contributed by atoms with E-state index in [0.29, 0.717) is 5.15 Å². The number of rotatable bonds is 7. The Bertz CT molecular complexity index is 610. The number of ether oxygens (including phenoxy) is 1. The minimum atomic E-state index is 0.199. The highest BCUT2D eigenvalue weighted by Gasteiger charge is 2.38. The van der Waals surface area contributed by atoms with E-state index in [0.717, 1.165) is 58.3 Å². The highest BCUT2D eigenvalue weighted by atomic mass is 35.5. The Morgan fingerprint density at radius 3 is 2.68 bits per heavy atom. The molecule has 1 aromatic rings. The lowest BCUT2D eigenvalue weighted by atomic mass is 9.80. The first kappa shape index (κ1) is 21.3. The van der Waals surface area contributed by atoms with Crippen LogP contribution >= 0.6 is 11.6 Å². The Labute approximate surface area is 174 Å². The first-order valence-electron chi connectivity index (χ1n) is 10.7. The number of hydrogen-bond donors (Lipinski definition) is 2. The van der Waals surface area contributed by atoms with Crippen molar-refractivity contribution in [2.75, 3.05) is 45.9 Å². The fourth-order valence-corrected chi connectivity index (χ4v) is 4.38. The number of aliphatic imine (C=N–C) groups is 1. The summed E-state index contributed by atoms with van der Waals surface area (Å²) in [4.78, 5) is 11.8. The second-order valence-corrected chi connectivity index (χ2v) is 8.13. The summed E-state index contributed by atoms with van der Waals surface area (Å²) in [5.41, 5.74) is 1.37. The van der Waals surface area contributed by atoms with Crippen LogP contribution in [0.1, 0.15) is 44.6 Å². The van der Waals surface area contributed by atoms with Gasteiger partial charge in [0.15, 0.2) is 5.96 Å². The average Bonchev–Trinajstić information content (AvgIpc) is 2.75. The summed E-state index contributed by atoms with van der Waals surface area (Å²) in [6, 6.07) is 3.86. The van der Waals surface area contributed by atoms with Crippen LogP contribution < -0.4 is 10.6 Å². The van der Waals surface area contributed by atoms with Crippen LogP contribution in [0.4, 0.5) is 0 Å². The minimum absolute atomic E-state index is 0.199. The second-order valence-electron chi connectivity index (χ2n) is 7.75. The third-order valence-corrected chi connectivity index (χ3v) is 6.06. The molecule has 156 valence electrons. The predicted octanol–water partition coefficient (Wildman–Crippen LogP) is 2.87. The standard InChI is InChI=1S/C21H34ClN5O/c1-2-23-20(24-11-8-18-6-7-19(22)25-16-18)26-17-21(9-4-3-5-10-21)27-12-14-28-15-13-27/h6-7,16H,2-5,8-15,17H2,1H3,(H2,23,24,26). The van der Waals surface area contributed by atoms with Gasteiger partial charge in [0.05, 0.1) is 19.8 Å². The quantitative estimate of drug-likeness (QED) is 0.413. The first-order chi connectivity index (χ1) is 13.7. The minimum Gasteiger partial charge on any atom is -0.379 e. The SMILES string of the molecule is CCNC(=NCC1(N2CCOCC2)CCCCC1)NCCc1ccc(Cl)nc1. The molecule has 2 aliphatic rings. The topological polar surface area (TPSA) is 61.8 Å². The molecule has 1 aliphatic heterocycles. The zero-order valence-corrected chi connectivity index (χ0v) is 17.8. The lowest BCUT2D eigenvalue weighted by Gasteiger charge is -2.47. The van der Waals surface area contributed by atoms with E-state index in [-0.39, 0.29) is 5.54 Å². The zero-order chi connectivity index (χ0) is 19.7. The van der Waals surface area contributed by atoms with Crippen molar-refractivity contribution in [2.45, 2.75) is 51.0 Å². The molecule has 0 radical (unpaired) electrons. The van der Waals surface area contributed by atoms with Crippen molar-refractivity contribution in [1.82, 2.24) is 20.5 Å². The van der Waals surface area contributed by atoms with Gasteiger partial charge in [-0.2, -0.15) is 0 Å². The molecule has 0 bridgehead atoms. The lowest BCUT2D eigenvalue weighted by molar-refractivity contribution is -0.0333. The van der Waals surface area contributed by atoms with E-state index >= 15 is 0 Å². The van der Waals surface area contributed by atoms with Crippen LogP contribution in [0.3, 0.4) is 0 Å². The molecule has 0 atom stereocenters. The van der Waals surface area contributed by atoms with Crippen LogP contribution in [0.2, 0.25) is 5.15 Å². The maximum atomic E-state index is 5.86. The average molecular weight is 408 g/mol. The summed E-state index contributed by atoms with van der Waals surface area (Å²) in [6.45, 7) is 8.39. The monoisotopic (exact) mass is 407 g/mol. The van der Waals surface area contributed by atoms with Crippen LogP contribution in [-0.4, -0.2) is 67.3 Å². The van der Waals surface area contributed by atoms with Crippen LogP contribution in [0.15, 0.2) is 23.3 Å². The highest BCUT2D eigenvalue weighted by molar-refractivity contribution is 6.29. The molecule has 6 nitrogen and oxygen atoms in total. The number of halogens is 1. The number of nitrogens with one attached hydrogen (secondary N) is 2. The predicted molar refractivity (Wildman–Crippen MR) is 115 cm³/mol. The van der Waals surface area contributed by atoms with Crippen molar-refractivity contribution >= 4 is 17.6 Å². The Morgan fingerprint density at radius 1 is 1.21 bits per heavy atom. The normalized spacial score (nSPS) is 20.7. The van der Waals surface area contributed by atoms with Gasteiger partial charge in [-0.05, 0) is 37.8 Å². The van der Waals surface area contributed by atoms with Crippen LogP contribution in [0.25, 0.3) is 0 Å². The molecule has 7 heteroatoms. The van der Waals surface area contributed by atoms with Gasteiger partial charge < -0.3 is 15.4 Å². The van der Waals surface area contributed by atoms with Crippen LogP contribution in [0.5, 0.6) is 0 Å². The molecule has 28 heavy (non-hydrogen) atoms. The Balaban J connectivity index is 1.59. The van der Waals surface area contributed by atoms with Gasteiger partial charge in [-0.1, -0.05) is 36.9 Å². The van der Waals surface area contributed by atoms with Gasteiger partial charge in [0.25, 0.3) is 0 Å². The Morgan fingerprint density at radius 2 is 2.00 bits per heavy atom. The fourth-order valence-electron chi connectivity index (χ4n) is 4.27. The van der Waals surface area contributed by atoms with E-state index in [2.05, 4.69) is 27.4 Å². The first-order valence-corrected chi connectivity index (χ1v) is 11.0. The molecular formula is C21H34ClN5O. The number of guanidine groups is 1. The third kappa shape index (κ3) is 6.06. The summed E-state index contributed by atoms with van der Waals surface area (Å²) >= 11 is 5.86. The number of nitrogens with zero attached hydrogens (tertiary/aromatic N) is 3. The molecule has 1 aromatic heterocycles. The van der Waals surface area contributed by atoms with Crippen LogP contribution in [-0.2, 0) is 11.2 Å². The molecule has 1 saturated carbocycles. The molecular weight excluding hydrogens is 374 g/mol. The summed E-state index contributed by atoms with van der Waals surface area (Å²) in [5, 5.41) is 7.41. The zero-order valence-electron chi connectivity index (χ0n) is 17.1. The van der Waals surface area contributed by atoms with E-state index in [1.165, 1.54) is 37.7 Å². The smallest absolute Gasteiger partial charge is 0.191 e. The number of aromatic nitrogens is 1. The molecule has 1 aliphatic carbocycles. The number of pyridine rings is 1. The molecule has 0 unspecified atom stereocenters. The highest BCUT2D eigenvalue weighted by Crippen LogP contribution is 2.34. The molecule has 2 fully saturated rings. The Hall–Kier alpha value is -1.37. The molecule has 0 amide bonds. The van der Waals surface area contributed by atoms with E-state index in [4.69, 9.17) is 21.3 Å². The van der Waals surface area contributed by atoms with Crippen molar-refractivity contribution in [3.8, 4) is 0 Å². The maximum absolute atomic E-state index is 5.86. The summed E-state index contributed by atoms with van der Waals surface area (Å²) in [5.74, 6) is 0.905. The summed E-state index contributed by atoms with van der Waals surface area (Å²) in [6.07, 6.45) is 9.18. The van der Waals surface area contributed by atoms with Gasteiger partial charge >= 0.3 is 0 Å². The van der Waals surface area contributed by atoms with Crippen molar-refractivity contribution in [1.29, 1.82) is 0 Å². The van der Waals surface area contributed by atoms with Crippen molar-refractivity contribution < 1.29 is 4.74 Å². The maximum Gasteiger partial charge on any atom is 0.191 e. The van der Waals surface area contributed by atoms with Crippen LogP contribution in [0, 0.1) is 0 Å². The van der Waals surface area contributed by atoms with E-state index in [1.54, 1.807) is 0 Å². The van der Waals surface area contributed by atoms with E-state index in [9.17, 15) is 0 Å². The van der Waals surface area contributed by atoms with Gasteiger partial charge in [-0.3, -0.25) is 9.89 Å². The van der Waals surface area contributed by atoms with Crippen molar-refractivity contribution in [3.63, 3.8) is 0 Å². The third-order valence-electron chi connectivity index (χ3n) is 5.84. The molecule has 0 aromatic carbocycles. The molecule has 3 rings (SSSR count). The van der Waals surface area contributed by atoms with Crippen molar-refractivity contribution in [2.24, 2.45) is 4.99 Å². The summed E-state index contributed by atoms with van der Waals surface area (Å²) in [7, 11) is 0. The molecule has 0 spiro atoms. The lowest BCUT2D eigenvalue weighted by Crippen LogP contribution is -2.56. The molecule has 2 heterocycles. The second kappa shape index (κ2) is 11.0. The van der Waals surface area contributed by atoms with E-state index in [1.807, 2.05) is 18.3 Å². The van der Waals surface area contributed by atoms with Gasteiger partial charge in [0, 0.05) is 37.9 Å². The number of morpholine rings is 1. The van der Waals surface area contributed by atoms with Gasteiger partial charge in [-0.15, -0.1) is 0 Å². The van der Waals surface area contributed by atoms with E-state index < -0.39 is 0 Å². The molecule has 1 saturated heterocycles. The van der Waals surface area contributed by atoms with Gasteiger partial charge in [0.2, 0.25) is 0 Å². The molecule has 2 N–H and O–H groups in total. The fraction of sp³-hybridized carbons (Fsp3) is 0.714. The Kier molecular flexibility index (Phi) is 8.37. The largest absolute Gasteiger partial charge is 0.379 e. The summed E-state index contributed by atoms with van der Waals surface area (Å²) < 4.78 is 5.59. The van der Waals surface area contributed by atoms with Crippen molar-refractivity contribution in [3.05, 3.63) is 29.0 Å².